The lowest BCUT2D eigenvalue weighted by Crippen LogP contribution is -2.28. The molecule has 0 spiro atoms. The number of carbonyl (C=O) groups is 1. The molecule has 0 bridgehead atoms. The second kappa shape index (κ2) is 17.2. The molecule has 2 N–H and O–H groups in total. The summed E-state index contributed by atoms with van der Waals surface area (Å²) in [5.74, 6) is 0.722. The van der Waals surface area contributed by atoms with E-state index < -0.39 is 0 Å². The lowest BCUT2D eigenvalue weighted by Gasteiger charge is -2.02. The van der Waals surface area contributed by atoms with Crippen molar-refractivity contribution < 1.29 is 4.79 Å². The first-order valence-electron chi connectivity index (χ1n) is 4.55. The molecule has 1 unspecified atom stereocenters. The van der Waals surface area contributed by atoms with Crippen LogP contribution in [-0.4, -0.2) is 17.6 Å². The van der Waals surface area contributed by atoms with Crippen LogP contribution in [0.1, 0.15) is 41.0 Å². The van der Waals surface area contributed by atoms with Crippen molar-refractivity contribution in [2.75, 3.05) is 5.75 Å². The highest BCUT2D eigenvalue weighted by Crippen LogP contribution is 1.90. The molecule has 1 atom stereocenters. The van der Waals surface area contributed by atoms with Crippen LogP contribution in [0.5, 0.6) is 0 Å². The Hall–Kier alpha value is -0.0200. The monoisotopic (exact) mass is 193 g/mol. The maximum Gasteiger partial charge on any atom is 0.146 e. The van der Waals surface area contributed by atoms with Gasteiger partial charge in [0.15, 0.2) is 0 Å². The zero-order valence-corrected chi connectivity index (χ0v) is 9.82. The van der Waals surface area contributed by atoms with Crippen molar-refractivity contribution in [3.63, 3.8) is 0 Å². The van der Waals surface area contributed by atoms with Crippen LogP contribution in [0, 0.1) is 0 Å². The predicted octanol–water partition coefficient (Wildman–Crippen LogP) is 2.28. The van der Waals surface area contributed by atoms with Crippen LogP contribution < -0.4 is 5.73 Å². The van der Waals surface area contributed by atoms with Gasteiger partial charge in [-0.05, 0) is 19.1 Å². The van der Waals surface area contributed by atoms with Crippen LogP contribution in [0.25, 0.3) is 0 Å². The first kappa shape index (κ1) is 17.9. The van der Waals surface area contributed by atoms with Crippen molar-refractivity contribution in [3.05, 3.63) is 0 Å². The average Bonchev–Trinajstić information content (AvgIpc) is 2.12. The van der Waals surface area contributed by atoms with Crippen LogP contribution in [0.15, 0.2) is 0 Å². The molecule has 0 aromatic carbocycles. The van der Waals surface area contributed by atoms with Crippen molar-refractivity contribution in [3.8, 4) is 0 Å². The fourth-order valence-electron chi connectivity index (χ4n) is 0.342. The van der Waals surface area contributed by atoms with Crippen LogP contribution in [0.3, 0.4) is 0 Å². The quantitative estimate of drug-likeness (QED) is 0.675. The summed E-state index contributed by atoms with van der Waals surface area (Å²) in [5, 5.41) is 0. The topological polar surface area (TPSA) is 43.1 Å². The molecule has 12 heavy (non-hydrogen) atoms. The summed E-state index contributed by atoms with van der Waals surface area (Å²) >= 11 is 3.92. The minimum atomic E-state index is -0.299. The smallest absolute Gasteiger partial charge is 0.146 e. The first-order valence-corrected chi connectivity index (χ1v) is 5.18. The van der Waals surface area contributed by atoms with E-state index in [-0.39, 0.29) is 11.8 Å². The minimum Gasteiger partial charge on any atom is -0.321 e. The summed E-state index contributed by atoms with van der Waals surface area (Å²) in [6.45, 7) is 9.49. The molecule has 76 valence electrons. The van der Waals surface area contributed by atoms with Crippen molar-refractivity contribution in [2.45, 2.75) is 47.1 Å². The molecule has 0 aliphatic rings. The number of ketones is 1. The molecule has 0 heterocycles. The van der Waals surface area contributed by atoms with Crippen LogP contribution >= 0.6 is 12.6 Å². The molecular weight excluding hydrogens is 170 g/mol. The Morgan fingerprint density at radius 3 is 1.75 bits per heavy atom. The molecule has 3 heteroatoms. The normalized spacial score (nSPS) is 9.92. The summed E-state index contributed by atoms with van der Waals surface area (Å²) in [5.41, 5.74) is 5.33. The number of nitrogens with two attached hydrogens (primary N) is 1. The molecule has 0 radical (unpaired) electrons. The maximum absolute atomic E-state index is 10.4. The van der Waals surface area contributed by atoms with E-state index in [4.69, 9.17) is 5.73 Å². The van der Waals surface area contributed by atoms with E-state index in [2.05, 4.69) is 12.6 Å². The van der Waals surface area contributed by atoms with Crippen molar-refractivity contribution in [2.24, 2.45) is 5.73 Å². The minimum absolute atomic E-state index is 0.0408. The molecule has 0 amide bonds. The summed E-state index contributed by atoms with van der Waals surface area (Å²) in [4.78, 5) is 10.4. The summed E-state index contributed by atoms with van der Waals surface area (Å²) in [6.07, 6.45) is 0.679. The van der Waals surface area contributed by atoms with Gasteiger partial charge in [0, 0.05) is 0 Å². The third-order valence-electron chi connectivity index (χ3n) is 0.962. The van der Waals surface area contributed by atoms with Crippen LogP contribution in [0.2, 0.25) is 0 Å². The van der Waals surface area contributed by atoms with Gasteiger partial charge in [0.2, 0.25) is 0 Å². The number of hydrogen-bond acceptors (Lipinski definition) is 3. The van der Waals surface area contributed by atoms with E-state index in [0.29, 0.717) is 12.2 Å². The molecule has 0 saturated heterocycles. The SMILES string of the molecule is CC.CC.CC(=O)C(N)CCS. The maximum atomic E-state index is 10.4. The Morgan fingerprint density at radius 2 is 1.67 bits per heavy atom. The van der Waals surface area contributed by atoms with Crippen molar-refractivity contribution in [1.82, 2.24) is 0 Å². The molecule has 0 aliphatic heterocycles. The third kappa shape index (κ3) is 16.5. The number of thiol groups is 1. The van der Waals surface area contributed by atoms with Gasteiger partial charge < -0.3 is 5.73 Å². The number of rotatable bonds is 3. The highest BCUT2D eigenvalue weighted by molar-refractivity contribution is 7.80. The highest BCUT2D eigenvalue weighted by atomic mass is 32.1. The summed E-state index contributed by atoms with van der Waals surface area (Å²) in [7, 11) is 0. The molecule has 0 rings (SSSR count). The Morgan fingerprint density at radius 1 is 1.33 bits per heavy atom. The van der Waals surface area contributed by atoms with E-state index >= 15 is 0 Å². The van der Waals surface area contributed by atoms with Gasteiger partial charge in [-0.25, -0.2) is 0 Å². The number of carbonyl (C=O) groups excluding carboxylic acids is 1. The second-order valence-electron chi connectivity index (χ2n) is 1.73. The van der Waals surface area contributed by atoms with E-state index in [1.165, 1.54) is 6.92 Å². The zero-order chi connectivity index (χ0) is 10.6. The summed E-state index contributed by atoms with van der Waals surface area (Å²) < 4.78 is 0. The largest absolute Gasteiger partial charge is 0.321 e. The molecule has 0 fully saturated rings. The fraction of sp³-hybridized carbons (Fsp3) is 0.889. The van der Waals surface area contributed by atoms with Gasteiger partial charge in [0.25, 0.3) is 0 Å². The van der Waals surface area contributed by atoms with Gasteiger partial charge >= 0.3 is 0 Å². The van der Waals surface area contributed by atoms with Crippen molar-refractivity contribution >= 4 is 18.4 Å². The lowest BCUT2D eigenvalue weighted by atomic mass is 10.2. The lowest BCUT2D eigenvalue weighted by molar-refractivity contribution is -0.118. The standard InChI is InChI=1S/C5H11NOS.2C2H6/c1-4(7)5(6)2-3-8;2*1-2/h5,8H,2-3,6H2,1H3;2*1-2H3. The van der Waals surface area contributed by atoms with Gasteiger partial charge in [-0.3, -0.25) is 4.79 Å². The highest BCUT2D eigenvalue weighted by Gasteiger charge is 2.04. The molecule has 0 aromatic heterocycles. The fourth-order valence-corrected chi connectivity index (χ4v) is 0.621. The molecular formula is C9H23NOS. The Bertz CT molecular complexity index is 86.6. The average molecular weight is 193 g/mol. The van der Waals surface area contributed by atoms with Gasteiger partial charge in [-0.15, -0.1) is 0 Å². The Balaban J connectivity index is -0.000000175. The second-order valence-corrected chi connectivity index (χ2v) is 2.18. The first-order chi connectivity index (χ1) is 5.68. The van der Waals surface area contributed by atoms with E-state index in [1.807, 2.05) is 27.7 Å². The number of Topliss-reactive ketones (excluding diaryl/α,β-unsaturated/α-hetero) is 1. The van der Waals surface area contributed by atoms with Gasteiger partial charge in [0.1, 0.15) is 5.78 Å². The number of hydrogen-bond donors (Lipinski definition) is 2. The van der Waals surface area contributed by atoms with E-state index in [0.717, 1.165) is 0 Å². The Kier molecular flexibility index (Phi) is 25.6. The van der Waals surface area contributed by atoms with E-state index in [9.17, 15) is 4.79 Å². The molecule has 0 aliphatic carbocycles. The van der Waals surface area contributed by atoms with E-state index in [1.54, 1.807) is 0 Å². The molecule has 0 aromatic rings. The van der Waals surface area contributed by atoms with Crippen molar-refractivity contribution in [1.29, 1.82) is 0 Å². The van der Waals surface area contributed by atoms with Gasteiger partial charge in [0.05, 0.1) is 6.04 Å². The van der Waals surface area contributed by atoms with Crippen LogP contribution in [0.4, 0.5) is 0 Å². The predicted molar refractivity (Wildman–Crippen MR) is 59.8 cm³/mol. The zero-order valence-electron chi connectivity index (χ0n) is 8.92. The third-order valence-corrected chi connectivity index (χ3v) is 1.22. The van der Waals surface area contributed by atoms with Gasteiger partial charge in [-0.2, -0.15) is 12.6 Å². The Labute approximate surface area is 82.3 Å². The molecule has 2 nitrogen and oxygen atoms in total. The molecule has 0 saturated carbocycles. The van der Waals surface area contributed by atoms with Crippen LogP contribution in [-0.2, 0) is 4.79 Å². The summed E-state index contributed by atoms with van der Waals surface area (Å²) in [6, 6.07) is -0.299. The van der Waals surface area contributed by atoms with Gasteiger partial charge in [-0.1, -0.05) is 27.7 Å².